The summed E-state index contributed by atoms with van der Waals surface area (Å²) in [6.45, 7) is 5.20. The molecular weight excluding hydrogens is 416 g/mol. The van der Waals surface area contributed by atoms with Gasteiger partial charge in [-0.1, -0.05) is 67.6 Å². The molecule has 32 heavy (non-hydrogen) atoms. The van der Waals surface area contributed by atoms with Crippen molar-refractivity contribution in [3.8, 4) is 5.75 Å². The van der Waals surface area contributed by atoms with Crippen molar-refractivity contribution in [2.75, 3.05) is 6.54 Å². The molecule has 0 unspecified atom stereocenters. The van der Waals surface area contributed by atoms with E-state index in [4.69, 9.17) is 9.73 Å². The average molecular weight is 443 g/mol. The number of amides is 1. The predicted octanol–water partition coefficient (Wildman–Crippen LogP) is 6.45. The normalized spacial score (nSPS) is 16.2. The molecule has 0 spiro atoms. The Bertz CT molecular complexity index is 1140. The molecule has 3 aromatic rings. The van der Waals surface area contributed by atoms with E-state index in [-0.39, 0.29) is 5.91 Å². The third-order valence-corrected chi connectivity index (χ3v) is 6.23. The van der Waals surface area contributed by atoms with Crippen LogP contribution in [0.3, 0.4) is 0 Å². The lowest BCUT2D eigenvalue weighted by Crippen LogP contribution is -2.28. The van der Waals surface area contributed by atoms with Gasteiger partial charge in [-0.3, -0.25) is 9.69 Å². The highest BCUT2D eigenvalue weighted by Crippen LogP contribution is 2.35. The minimum absolute atomic E-state index is 0.00497. The first-order valence-corrected chi connectivity index (χ1v) is 11.6. The molecule has 1 heterocycles. The third kappa shape index (κ3) is 5.11. The summed E-state index contributed by atoms with van der Waals surface area (Å²) in [5.41, 5.74) is 4.18. The largest absolute Gasteiger partial charge is 0.489 e. The van der Waals surface area contributed by atoms with Crippen LogP contribution in [0.4, 0.5) is 5.69 Å². The Labute approximate surface area is 193 Å². The zero-order chi connectivity index (χ0) is 22.3. The molecule has 1 fully saturated rings. The van der Waals surface area contributed by atoms with E-state index in [2.05, 4.69) is 13.0 Å². The minimum Gasteiger partial charge on any atom is -0.489 e. The molecule has 0 aliphatic carbocycles. The number of benzene rings is 3. The van der Waals surface area contributed by atoms with Crippen LogP contribution in [0.15, 0.2) is 88.8 Å². The number of thioether (sulfide) groups is 1. The van der Waals surface area contributed by atoms with Gasteiger partial charge in [0.2, 0.25) is 0 Å². The molecule has 4 rings (SSSR count). The molecule has 3 aromatic carbocycles. The number of carbonyl (C=O) groups excluding carboxylic acids is 1. The molecule has 0 atom stereocenters. The molecule has 0 aromatic heterocycles. The van der Waals surface area contributed by atoms with Crippen LogP contribution in [-0.2, 0) is 17.8 Å². The van der Waals surface area contributed by atoms with Gasteiger partial charge in [0.1, 0.15) is 12.4 Å². The fourth-order valence-electron chi connectivity index (χ4n) is 3.44. The molecule has 162 valence electrons. The maximum atomic E-state index is 13.0. The Morgan fingerprint density at radius 3 is 2.38 bits per heavy atom. The summed E-state index contributed by atoms with van der Waals surface area (Å²) in [4.78, 5) is 20.2. The maximum absolute atomic E-state index is 13.0. The second-order valence-corrected chi connectivity index (χ2v) is 8.39. The standard InChI is InChI=1S/C27H26N2O2S/c1-3-22-12-8-9-13-24(22)28-27-29(4-2)26(30)25(32-27)18-20-14-16-23(17-15-20)31-19-21-10-6-5-7-11-21/h5-18H,3-4,19H2,1-2H3/b25-18+,28-27?. The number of carbonyl (C=O) groups is 1. The van der Waals surface area contributed by atoms with Crippen LogP contribution >= 0.6 is 11.8 Å². The molecule has 0 radical (unpaired) electrons. The van der Waals surface area contributed by atoms with Crippen molar-refractivity contribution in [2.45, 2.75) is 26.9 Å². The van der Waals surface area contributed by atoms with Gasteiger partial charge in [0.15, 0.2) is 5.17 Å². The number of ether oxygens (including phenoxy) is 1. The van der Waals surface area contributed by atoms with Crippen molar-refractivity contribution in [3.05, 3.63) is 100 Å². The Morgan fingerprint density at radius 1 is 0.938 bits per heavy atom. The lowest BCUT2D eigenvalue weighted by atomic mass is 10.1. The van der Waals surface area contributed by atoms with Gasteiger partial charge in [-0.15, -0.1) is 0 Å². The van der Waals surface area contributed by atoms with Gasteiger partial charge in [0, 0.05) is 6.54 Å². The van der Waals surface area contributed by atoms with Gasteiger partial charge in [0.05, 0.1) is 10.6 Å². The SMILES string of the molecule is CCc1ccccc1N=C1S/C(=C/c2ccc(OCc3ccccc3)cc2)C(=O)N1CC. The van der Waals surface area contributed by atoms with Crippen molar-refractivity contribution in [1.82, 2.24) is 4.90 Å². The average Bonchev–Trinajstić information content (AvgIpc) is 3.13. The topological polar surface area (TPSA) is 41.9 Å². The van der Waals surface area contributed by atoms with E-state index in [0.29, 0.717) is 18.1 Å². The Kier molecular flexibility index (Phi) is 7.07. The highest BCUT2D eigenvalue weighted by molar-refractivity contribution is 8.18. The van der Waals surface area contributed by atoms with Gasteiger partial charge in [-0.2, -0.15) is 0 Å². The number of hydrogen-bond donors (Lipinski definition) is 0. The first-order valence-electron chi connectivity index (χ1n) is 10.8. The van der Waals surface area contributed by atoms with Gasteiger partial charge in [0.25, 0.3) is 5.91 Å². The number of aryl methyl sites for hydroxylation is 1. The number of likely N-dealkylation sites (N-methyl/N-ethyl adjacent to an activating group) is 1. The molecule has 0 bridgehead atoms. The molecule has 1 amide bonds. The fourth-order valence-corrected chi connectivity index (χ4v) is 4.50. The second-order valence-electron chi connectivity index (χ2n) is 7.38. The highest BCUT2D eigenvalue weighted by atomic mass is 32.2. The molecule has 5 heteroatoms. The molecule has 1 aliphatic rings. The van der Waals surface area contributed by atoms with E-state index in [1.165, 1.54) is 17.3 Å². The Morgan fingerprint density at radius 2 is 1.66 bits per heavy atom. The van der Waals surface area contributed by atoms with E-state index in [0.717, 1.165) is 34.2 Å². The second kappa shape index (κ2) is 10.3. The first-order chi connectivity index (χ1) is 15.7. The fraction of sp³-hybridized carbons (Fsp3) is 0.185. The zero-order valence-electron chi connectivity index (χ0n) is 18.3. The van der Waals surface area contributed by atoms with E-state index < -0.39 is 0 Å². The van der Waals surface area contributed by atoms with Crippen molar-refractivity contribution in [1.29, 1.82) is 0 Å². The Hall–Kier alpha value is -3.31. The summed E-state index contributed by atoms with van der Waals surface area (Å²) < 4.78 is 5.86. The van der Waals surface area contributed by atoms with E-state index >= 15 is 0 Å². The van der Waals surface area contributed by atoms with E-state index in [1.54, 1.807) is 4.90 Å². The van der Waals surface area contributed by atoms with Gasteiger partial charge < -0.3 is 4.74 Å². The summed E-state index contributed by atoms with van der Waals surface area (Å²) in [5, 5.41) is 0.729. The summed E-state index contributed by atoms with van der Waals surface area (Å²) >= 11 is 1.43. The molecule has 1 saturated heterocycles. The van der Waals surface area contributed by atoms with Crippen LogP contribution in [0.1, 0.15) is 30.5 Å². The summed E-state index contributed by atoms with van der Waals surface area (Å²) in [6, 6.07) is 26.0. The lowest BCUT2D eigenvalue weighted by molar-refractivity contribution is -0.122. The Balaban J connectivity index is 1.50. The van der Waals surface area contributed by atoms with Crippen LogP contribution in [-0.4, -0.2) is 22.5 Å². The molecular formula is C27H26N2O2S. The van der Waals surface area contributed by atoms with Crippen molar-refractivity contribution in [2.24, 2.45) is 4.99 Å². The predicted molar refractivity (Wildman–Crippen MR) is 133 cm³/mol. The number of amidine groups is 1. The van der Waals surface area contributed by atoms with Crippen molar-refractivity contribution in [3.63, 3.8) is 0 Å². The summed E-state index contributed by atoms with van der Waals surface area (Å²) in [6.07, 6.45) is 2.82. The van der Waals surface area contributed by atoms with Gasteiger partial charge >= 0.3 is 0 Å². The van der Waals surface area contributed by atoms with Gasteiger partial charge in [-0.05, 0) is 66.1 Å². The van der Waals surface area contributed by atoms with Crippen LogP contribution in [0.2, 0.25) is 0 Å². The number of para-hydroxylation sites is 1. The molecule has 4 nitrogen and oxygen atoms in total. The van der Waals surface area contributed by atoms with Crippen molar-refractivity contribution < 1.29 is 9.53 Å². The number of hydrogen-bond acceptors (Lipinski definition) is 4. The smallest absolute Gasteiger partial charge is 0.266 e. The molecule has 1 aliphatic heterocycles. The van der Waals surface area contributed by atoms with Gasteiger partial charge in [-0.25, -0.2) is 4.99 Å². The summed E-state index contributed by atoms with van der Waals surface area (Å²) in [7, 11) is 0. The van der Waals surface area contributed by atoms with Crippen LogP contribution in [0, 0.1) is 0 Å². The molecule has 0 saturated carbocycles. The van der Waals surface area contributed by atoms with E-state index in [1.807, 2.05) is 85.8 Å². The van der Waals surface area contributed by atoms with E-state index in [9.17, 15) is 4.79 Å². The number of rotatable bonds is 7. The lowest BCUT2D eigenvalue weighted by Gasteiger charge is -2.12. The van der Waals surface area contributed by atoms with Crippen LogP contribution in [0.25, 0.3) is 6.08 Å². The number of aliphatic imine (C=N–C) groups is 1. The quantitative estimate of drug-likeness (QED) is 0.395. The maximum Gasteiger partial charge on any atom is 0.266 e. The zero-order valence-corrected chi connectivity index (χ0v) is 19.1. The molecule has 0 N–H and O–H groups in total. The monoisotopic (exact) mass is 442 g/mol. The summed E-state index contributed by atoms with van der Waals surface area (Å²) in [5.74, 6) is 0.796. The number of nitrogens with zero attached hydrogens (tertiary/aromatic N) is 2. The third-order valence-electron chi connectivity index (χ3n) is 5.22. The van der Waals surface area contributed by atoms with Crippen LogP contribution < -0.4 is 4.74 Å². The van der Waals surface area contributed by atoms with Crippen LogP contribution in [0.5, 0.6) is 5.75 Å². The first kappa shape index (κ1) is 21.9. The van der Waals surface area contributed by atoms with Crippen molar-refractivity contribution >= 4 is 34.6 Å². The highest BCUT2D eigenvalue weighted by Gasteiger charge is 2.32. The minimum atomic E-state index is -0.00497.